The first kappa shape index (κ1) is 13.1. The highest BCUT2D eigenvalue weighted by atomic mass is 32.1. The average Bonchev–Trinajstić information content (AvgIpc) is 2.93. The van der Waals surface area contributed by atoms with Crippen molar-refractivity contribution >= 4 is 11.3 Å². The van der Waals surface area contributed by atoms with E-state index in [1.165, 1.54) is 10.4 Å². The van der Waals surface area contributed by atoms with Crippen molar-refractivity contribution in [1.82, 2.24) is 0 Å². The summed E-state index contributed by atoms with van der Waals surface area (Å²) >= 11 is 1.69. The standard InChI is InChI=1S/C15H18O2S/c1-15(11-16,14-7-4-8-18-14)10-12-5-3-6-13(9-12)17-2/h3-9,16H,10-11H2,1-2H3. The van der Waals surface area contributed by atoms with Crippen molar-refractivity contribution in [2.24, 2.45) is 0 Å². The summed E-state index contributed by atoms with van der Waals surface area (Å²) in [7, 11) is 1.67. The minimum Gasteiger partial charge on any atom is -0.497 e. The summed E-state index contributed by atoms with van der Waals surface area (Å²) in [6.07, 6.45) is 0.807. The van der Waals surface area contributed by atoms with Gasteiger partial charge < -0.3 is 9.84 Å². The topological polar surface area (TPSA) is 29.5 Å². The second kappa shape index (κ2) is 5.55. The van der Waals surface area contributed by atoms with E-state index in [1.807, 2.05) is 24.3 Å². The Balaban J connectivity index is 2.25. The van der Waals surface area contributed by atoms with Crippen LogP contribution in [0.5, 0.6) is 5.75 Å². The SMILES string of the molecule is COc1cccc(CC(C)(CO)c2cccs2)c1. The molecule has 18 heavy (non-hydrogen) atoms. The summed E-state index contributed by atoms with van der Waals surface area (Å²) in [5, 5.41) is 11.8. The Hall–Kier alpha value is -1.32. The summed E-state index contributed by atoms with van der Waals surface area (Å²) in [4.78, 5) is 1.22. The summed E-state index contributed by atoms with van der Waals surface area (Å²) in [6, 6.07) is 12.1. The van der Waals surface area contributed by atoms with E-state index in [1.54, 1.807) is 18.4 Å². The van der Waals surface area contributed by atoms with Gasteiger partial charge in [-0.1, -0.05) is 25.1 Å². The van der Waals surface area contributed by atoms with E-state index < -0.39 is 0 Å². The molecule has 2 nitrogen and oxygen atoms in total. The molecular weight excluding hydrogens is 244 g/mol. The molecule has 0 spiro atoms. The third-order valence-corrected chi connectivity index (χ3v) is 4.37. The third kappa shape index (κ3) is 2.74. The molecule has 1 N–H and O–H groups in total. The Morgan fingerprint density at radius 2 is 2.11 bits per heavy atom. The van der Waals surface area contributed by atoms with Gasteiger partial charge in [0.25, 0.3) is 0 Å². The maximum Gasteiger partial charge on any atom is 0.119 e. The lowest BCUT2D eigenvalue weighted by molar-refractivity contribution is 0.207. The quantitative estimate of drug-likeness (QED) is 0.896. The predicted octanol–water partition coefficient (Wildman–Crippen LogP) is 3.25. The number of aliphatic hydroxyl groups is 1. The van der Waals surface area contributed by atoms with Crippen molar-refractivity contribution in [3.63, 3.8) is 0 Å². The number of hydrogen-bond donors (Lipinski definition) is 1. The number of rotatable bonds is 5. The fourth-order valence-electron chi connectivity index (χ4n) is 2.08. The van der Waals surface area contributed by atoms with Crippen LogP contribution in [0.4, 0.5) is 0 Å². The van der Waals surface area contributed by atoms with Gasteiger partial charge in [-0.15, -0.1) is 11.3 Å². The Morgan fingerprint density at radius 1 is 1.28 bits per heavy atom. The van der Waals surface area contributed by atoms with Crippen LogP contribution in [0.25, 0.3) is 0 Å². The number of methoxy groups -OCH3 is 1. The van der Waals surface area contributed by atoms with Gasteiger partial charge in [-0.25, -0.2) is 0 Å². The number of thiophene rings is 1. The van der Waals surface area contributed by atoms with E-state index in [4.69, 9.17) is 4.74 Å². The molecule has 1 heterocycles. The van der Waals surface area contributed by atoms with E-state index in [2.05, 4.69) is 24.4 Å². The van der Waals surface area contributed by atoms with Crippen LogP contribution in [-0.2, 0) is 11.8 Å². The molecule has 0 bridgehead atoms. The summed E-state index contributed by atoms with van der Waals surface area (Å²) in [5.41, 5.74) is 0.958. The molecular formula is C15H18O2S. The molecule has 0 aliphatic rings. The Bertz CT molecular complexity index is 493. The summed E-state index contributed by atoms with van der Waals surface area (Å²) in [6.45, 7) is 2.24. The first-order valence-corrected chi connectivity index (χ1v) is 6.84. The summed E-state index contributed by atoms with van der Waals surface area (Å²) in [5.74, 6) is 0.860. The molecule has 1 aromatic carbocycles. The normalized spacial score (nSPS) is 14.2. The summed E-state index contributed by atoms with van der Waals surface area (Å²) < 4.78 is 5.23. The first-order valence-electron chi connectivity index (χ1n) is 5.96. The van der Waals surface area contributed by atoms with Crippen LogP contribution in [0.15, 0.2) is 41.8 Å². The van der Waals surface area contributed by atoms with Crippen LogP contribution in [0.1, 0.15) is 17.4 Å². The van der Waals surface area contributed by atoms with Gasteiger partial charge in [0, 0.05) is 10.3 Å². The van der Waals surface area contributed by atoms with E-state index in [-0.39, 0.29) is 12.0 Å². The Morgan fingerprint density at radius 3 is 2.72 bits per heavy atom. The zero-order valence-corrected chi connectivity index (χ0v) is 11.5. The molecule has 0 fully saturated rings. The van der Waals surface area contributed by atoms with Gasteiger partial charge in [0.1, 0.15) is 5.75 Å². The first-order chi connectivity index (χ1) is 8.68. The molecule has 1 unspecified atom stereocenters. The fraction of sp³-hybridized carbons (Fsp3) is 0.333. The van der Waals surface area contributed by atoms with E-state index >= 15 is 0 Å². The van der Waals surface area contributed by atoms with Gasteiger partial charge in [-0.3, -0.25) is 0 Å². The van der Waals surface area contributed by atoms with E-state index in [0.29, 0.717) is 0 Å². The van der Waals surface area contributed by atoms with Crippen molar-refractivity contribution in [2.45, 2.75) is 18.8 Å². The second-order valence-corrected chi connectivity index (χ2v) is 5.67. The third-order valence-electron chi connectivity index (χ3n) is 3.19. The van der Waals surface area contributed by atoms with Crippen molar-refractivity contribution in [3.8, 4) is 5.75 Å². The van der Waals surface area contributed by atoms with Crippen LogP contribution >= 0.6 is 11.3 Å². The maximum absolute atomic E-state index is 9.72. The van der Waals surface area contributed by atoms with Crippen LogP contribution in [0, 0.1) is 0 Å². The smallest absolute Gasteiger partial charge is 0.119 e. The highest BCUT2D eigenvalue weighted by Crippen LogP contribution is 2.31. The lowest BCUT2D eigenvalue weighted by Gasteiger charge is -2.26. The molecule has 3 heteroatoms. The van der Waals surface area contributed by atoms with Crippen molar-refractivity contribution < 1.29 is 9.84 Å². The largest absolute Gasteiger partial charge is 0.497 e. The minimum absolute atomic E-state index is 0.144. The van der Waals surface area contributed by atoms with Crippen LogP contribution < -0.4 is 4.74 Å². The van der Waals surface area contributed by atoms with Crippen molar-refractivity contribution in [1.29, 1.82) is 0 Å². The second-order valence-electron chi connectivity index (χ2n) is 4.72. The number of aliphatic hydroxyl groups excluding tert-OH is 1. The molecule has 0 saturated carbocycles. The molecule has 0 saturated heterocycles. The number of hydrogen-bond acceptors (Lipinski definition) is 3. The van der Waals surface area contributed by atoms with Gasteiger partial charge in [-0.2, -0.15) is 0 Å². The van der Waals surface area contributed by atoms with Crippen LogP contribution in [0.3, 0.4) is 0 Å². The molecule has 1 atom stereocenters. The molecule has 0 aliphatic carbocycles. The van der Waals surface area contributed by atoms with Crippen LogP contribution in [-0.4, -0.2) is 18.8 Å². The zero-order chi connectivity index (χ0) is 13.0. The van der Waals surface area contributed by atoms with E-state index in [9.17, 15) is 5.11 Å². The average molecular weight is 262 g/mol. The fourth-order valence-corrected chi connectivity index (χ4v) is 2.96. The van der Waals surface area contributed by atoms with Gasteiger partial charge in [0.05, 0.1) is 13.7 Å². The van der Waals surface area contributed by atoms with Crippen LogP contribution in [0.2, 0.25) is 0 Å². The van der Waals surface area contributed by atoms with Gasteiger partial charge in [0.2, 0.25) is 0 Å². The molecule has 1 aromatic heterocycles. The monoisotopic (exact) mass is 262 g/mol. The molecule has 96 valence electrons. The number of ether oxygens (including phenoxy) is 1. The minimum atomic E-state index is -0.222. The van der Waals surface area contributed by atoms with Crippen molar-refractivity contribution in [2.75, 3.05) is 13.7 Å². The Labute approximate surface area is 112 Å². The van der Waals surface area contributed by atoms with Gasteiger partial charge in [-0.05, 0) is 35.6 Å². The molecule has 0 radical (unpaired) electrons. The molecule has 2 rings (SSSR count). The maximum atomic E-state index is 9.72. The molecule has 0 amide bonds. The number of benzene rings is 1. The predicted molar refractivity (Wildman–Crippen MR) is 75.5 cm³/mol. The lowest BCUT2D eigenvalue weighted by Crippen LogP contribution is -2.28. The molecule has 2 aromatic rings. The lowest BCUT2D eigenvalue weighted by atomic mass is 9.83. The highest BCUT2D eigenvalue weighted by Gasteiger charge is 2.27. The zero-order valence-electron chi connectivity index (χ0n) is 10.7. The highest BCUT2D eigenvalue weighted by molar-refractivity contribution is 7.10. The van der Waals surface area contributed by atoms with E-state index in [0.717, 1.165) is 12.2 Å². The van der Waals surface area contributed by atoms with Gasteiger partial charge >= 0.3 is 0 Å². The Kier molecular flexibility index (Phi) is 4.04. The van der Waals surface area contributed by atoms with Crippen molar-refractivity contribution in [3.05, 3.63) is 52.2 Å². The van der Waals surface area contributed by atoms with Gasteiger partial charge in [0.15, 0.2) is 0 Å². The molecule has 0 aliphatic heterocycles.